The van der Waals surface area contributed by atoms with Crippen LogP contribution < -0.4 is 10.9 Å². The largest absolute Gasteiger partial charge is 0.381 e. The van der Waals surface area contributed by atoms with Crippen LogP contribution >= 0.6 is 0 Å². The van der Waals surface area contributed by atoms with Gasteiger partial charge in [0.25, 0.3) is 5.56 Å². The third kappa shape index (κ3) is 3.20. The van der Waals surface area contributed by atoms with Gasteiger partial charge in [-0.3, -0.25) is 4.79 Å². The fourth-order valence-electron chi connectivity index (χ4n) is 1.42. The van der Waals surface area contributed by atoms with Gasteiger partial charge in [-0.2, -0.15) is 5.10 Å². The van der Waals surface area contributed by atoms with Gasteiger partial charge in [0, 0.05) is 12.1 Å². The summed E-state index contributed by atoms with van der Waals surface area (Å²) in [5.74, 6) is 0. The predicted molar refractivity (Wildman–Crippen MR) is 57.5 cm³/mol. The van der Waals surface area contributed by atoms with E-state index in [-0.39, 0.29) is 5.56 Å². The molecule has 1 unspecified atom stereocenters. The summed E-state index contributed by atoms with van der Waals surface area (Å²) in [7, 11) is 0. The first-order valence-electron chi connectivity index (χ1n) is 5.07. The van der Waals surface area contributed by atoms with Gasteiger partial charge in [-0.1, -0.05) is 20.3 Å². The third-order valence-corrected chi connectivity index (χ3v) is 2.17. The van der Waals surface area contributed by atoms with Gasteiger partial charge < -0.3 is 5.32 Å². The molecule has 0 amide bonds. The lowest BCUT2D eigenvalue weighted by Gasteiger charge is -2.16. The maximum absolute atomic E-state index is 11.0. The van der Waals surface area contributed by atoms with Crippen LogP contribution in [0.4, 0.5) is 5.69 Å². The first-order valence-corrected chi connectivity index (χ1v) is 5.07. The standard InChI is InChI=1S/C10H17N3O/c1-3-5-8(4-2)12-9-6-10(14)13-11-7-9/h6-8H,3-5H2,1-2H3,(H2,12,13,14). The second-order valence-electron chi connectivity index (χ2n) is 3.37. The van der Waals surface area contributed by atoms with Crippen LogP contribution in [0.2, 0.25) is 0 Å². The number of rotatable bonds is 5. The number of aromatic amines is 1. The zero-order chi connectivity index (χ0) is 10.4. The van der Waals surface area contributed by atoms with Gasteiger partial charge in [-0.05, 0) is 12.8 Å². The molecule has 0 radical (unpaired) electrons. The molecular weight excluding hydrogens is 178 g/mol. The lowest BCUT2D eigenvalue weighted by molar-refractivity contribution is 0.622. The minimum atomic E-state index is -0.165. The number of nitrogens with one attached hydrogen (secondary N) is 2. The molecule has 0 saturated carbocycles. The Kier molecular flexibility index (Phi) is 4.16. The smallest absolute Gasteiger partial charge is 0.266 e. The first kappa shape index (κ1) is 10.8. The van der Waals surface area contributed by atoms with Crippen LogP contribution in [0, 0.1) is 0 Å². The van der Waals surface area contributed by atoms with Crippen molar-refractivity contribution in [1.82, 2.24) is 10.2 Å². The molecule has 1 rings (SSSR count). The molecule has 0 fully saturated rings. The molecule has 1 heterocycles. The summed E-state index contributed by atoms with van der Waals surface area (Å²) >= 11 is 0. The summed E-state index contributed by atoms with van der Waals surface area (Å²) in [4.78, 5) is 11.0. The molecule has 4 nitrogen and oxygen atoms in total. The minimum Gasteiger partial charge on any atom is -0.381 e. The van der Waals surface area contributed by atoms with E-state index in [1.54, 1.807) is 6.20 Å². The average molecular weight is 195 g/mol. The molecule has 0 saturated heterocycles. The number of H-pyrrole nitrogens is 1. The van der Waals surface area contributed by atoms with Crippen LogP contribution in [0.3, 0.4) is 0 Å². The lowest BCUT2D eigenvalue weighted by atomic mass is 10.1. The maximum atomic E-state index is 11.0. The van der Waals surface area contributed by atoms with Crippen molar-refractivity contribution in [2.45, 2.75) is 39.2 Å². The Bertz CT molecular complexity index is 321. The fraction of sp³-hybridized carbons (Fsp3) is 0.600. The van der Waals surface area contributed by atoms with Gasteiger partial charge in [-0.25, -0.2) is 5.10 Å². The summed E-state index contributed by atoms with van der Waals surface area (Å²) in [6.45, 7) is 4.29. The van der Waals surface area contributed by atoms with Crippen molar-refractivity contribution < 1.29 is 0 Å². The highest BCUT2D eigenvalue weighted by Crippen LogP contribution is 2.09. The van der Waals surface area contributed by atoms with E-state index in [9.17, 15) is 4.79 Å². The van der Waals surface area contributed by atoms with Crippen molar-refractivity contribution >= 4 is 5.69 Å². The Morgan fingerprint density at radius 2 is 2.36 bits per heavy atom. The van der Waals surface area contributed by atoms with Crippen LogP contribution in [0.5, 0.6) is 0 Å². The van der Waals surface area contributed by atoms with Crippen LogP contribution in [-0.2, 0) is 0 Å². The highest BCUT2D eigenvalue weighted by atomic mass is 16.1. The van der Waals surface area contributed by atoms with Gasteiger partial charge >= 0.3 is 0 Å². The summed E-state index contributed by atoms with van der Waals surface area (Å²) in [6, 6.07) is 1.97. The predicted octanol–water partition coefficient (Wildman–Crippen LogP) is 1.76. The van der Waals surface area contributed by atoms with E-state index in [0.29, 0.717) is 6.04 Å². The van der Waals surface area contributed by atoms with Gasteiger partial charge in [0.2, 0.25) is 0 Å². The molecule has 0 aliphatic rings. The molecule has 0 aliphatic carbocycles. The number of nitrogens with zero attached hydrogens (tertiary/aromatic N) is 1. The molecule has 78 valence electrons. The highest BCUT2D eigenvalue weighted by Gasteiger charge is 2.04. The zero-order valence-corrected chi connectivity index (χ0v) is 8.71. The van der Waals surface area contributed by atoms with Gasteiger partial charge in [0.05, 0.1) is 11.9 Å². The number of hydrogen-bond donors (Lipinski definition) is 2. The fourth-order valence-corrected chi connectivity index (χ4v) is 1.42. The van der Waals surface area contributed by atoms with Gasteiger partial charge in [-0.15, -0.1) is 0 Å². The van der Waals surface area contributed by atoms with Crippen LogP contribution in [0.25, 0.3) is 0 Å². The summed E-state index contributed by atoms with van der Waals surface area (Å²) in [5.41, 5.74) is 0.635. The summed E-state index contributed by atoms with van der Waals surface area (Å²) < 4.78 is 0. The molecule has 4 heteroatoms. The highest BCUT2D eigenvalue weighted by molar-refractivity contribution is 5.39. The van der Waals surface area contributed by atoms with Gasteiger partial charge in [0.1, 0.15) is 0 Å². The van der Waals surface area contributed by atoms with Crippen molar-refractivity contribution in [3.8, 4) is 0 Å². The molecule has 0 spiro atoms. The van der Waals surface area contributed by atoms with Crippen molar-refractivity contribution in [3.63, 3.8) is 0 Å². The quantitative estimate of drug-likeness (QED) is 0.752. The van der Waals surface area contributed by atoms with Crippen molar-refractivity contribution in [2.24, 2.45) is 0 Å². The second kappa shape index (κ2) is 5.42. The van der Waals surface area contributed by atoms with E-state index in [0.717, 1.165) is 24.9 Å². The lowest BCUT2D eigenvalue weighted by Crippen LogP contribution is -2.19. The molecular formula is C10H17N3O. The van der Waals surface area contributed by atoms with Crippen molar-refractivity contribution in [3.05, 3.63) is 22.6 Å². The topological polar surface area (TPSA) is 57.8 Å². The van der Waals surface area contributed by atoms with Crippen molar-refractivity contribution in [2.75, 3.05) is 5.32 Å². The third-order valence-electron chi connectivity index (χ3n) is 2.17. The van der Waals surface area contributed by atoms with E-state index in [4.69, 9.17) is 0 Å². The number of anilines is 1. The van der Waals surface area contributed by atoms with E-state index in [1.165, 1.54) is 6.07 Å². The molecule has 14 heavy (non-hydrogen) atoms. The Labute approximate surface area is 83.7 Å². The summed E-state index contributed by atoms with van der Waals surface area (Å²) in [5, 5.41) is 9.37. The molecule has 1 atom stereocenters. The van der Waals surface area contributed by atoms with E-state index in [1.807, 2.05) is 0 Å². The second-order valence-corrected chi connectivity index (χ2v) is 3.37. The van der Waals surface area contributed by atoms with Crippen LogP contribution in [0.15, 0.2) is 17.1 Å². The average Bonchev–Trinajstić information content (AvgIpc) is 2.17. The Hall–Kier alpha value is -1.32. The molecule has 0 aromatic carbocycles. The molecule has 1 aromatic heterocycles. The Balaban J connectivity index is 2.62. The minimum absolute atomic E-state index is 0.165. The normalized spacial score (nSPS) is 12.4. The molecule has 2 N–H and O–H groups in total. The monoisotopic (exact) mass is 195 g/mol. The van der Waals surface area contributed by atoms with Crippen LogP contribution in [0.1, 0.15) is 33.1 Å². The Morgan fingerprint density at radius 3 is 2.93 bits per heavy atom. The Morgan fingerprint density at radius 1 is 1.57 bits per heavy atom. The first-order chi connectivity index (χ1) is 6.76. The molecule has 0 aliphatic heterocycles. The van der Waals surface area contributed by atoms with Crippen LogP contribution in [-0.4, -0.2) is 16.2 Å². The van der Waals surface area contributed by atoms with E-state index >= 15 is 0 Å². The van der Waals surface area contributed by atoms with Gasteiger partial charge in [0.15, 0.2) is 0 Å². The number of hydrogen-bond acceptors (Lipinski definition) is 3. The molecule has 0 bridgehead atoms. The zero-order valence-electron chi connectivity index (χ0n) is 8.71. The summed E-state index contributed by atoms with van der Waals surface area (Å²) in [6.07, 6.45) is 4.95. The maximum Gasteiger partial charge on any atom is 0.266 e. The van der Waals surface area contributed by atoms with Crippen molar-refractivity contribution in [1.29, 1.82) is 0 Å². The SMILES string of the molecule is CCCC(CC)Nc1cn[nH]c(=O)c1. The number of aromatic nitrogens is 2. The van der Waals surface area contributed by atoms with E-state index in [2.05, 4.69) is 29.4 Å². The van der Waals surface area contributed by atoms with E-state index < -0.39 is 0 Å². The molecule has 1 aromatic rings.